The van der Waals surface area contributed by atoms with Crippen LogP contribution in [0.1, 0.15) is 18.1 Å². The lowest BCUT2D eigenvalue weighted by atomic mass is 10.2. The van der Waals surface area contributed by atoms with Gasteiger partial charge in [-0.15, -0.1) is 0 Å². The highest BCUT2D eigenvalue weighted by molar-refractivity contribution is 5.96. The number of carbonyl (C=O) groups is 1. The maximum absolute atomic E-state index is 12.8. The van der Waals surface area contributed by atoms with Gasteiger partial charge in [-0.1, -0.05) is 30.3 Å². The van der Waals surface area contributed by atoms with Crippen LogP contribution in [0, 0.1) is 0 Å². The fourth-order valence-electron chi connectivity index (χ4n) is 3.42. The van der Waals surface area contributed by atoms with Gasteiger partial charge in [0.25, 0.3) is 5.91 Å². The van der Waals surface area contributed by atoms with Crippen molar-refractivity contribution in [1.82, 2.24) is 0 Å². The lowest BCUT2D eigenvalue weighted by Gasteiger charge is -2.22. The van der Waals surface area contributed by atoms with Crippen LogP contribution in [-0.4, -0.2) is 39.6 Å². The van der Waals surface area contributed by atoms with Gasteiger partial charge >= 0.3 is 0 Å². The van der Waals surface area contributed by atoms with Crippen LogP contribution in [0.5, 0.6) is 0 Å². The summed E-state index contributed by atoms with van der Waals surface area (Å²) in [6.07, 6.45) is 0.968. The Balaban J connectivity index is 1.63. The third kappa shape index (κ3) is 4.02. The van der Waals surface area contributed by atoms with Gasteiger partial charge in [0, 0.05) is 37.6 Å². The fraction of sp³-hybridized carbons (Fsp3) is 0.381. The van der Waals surface area contributed by atoms with Crippen molar-refractivity contribution in [1.29, 1.82) is 0 Å². The van der Waals surface area contributed by atoms with Crippen LogP contribution in [-0.2, 0) is 17.8 Å². The molecule has 0 saturated carbocycles. The van der Waals surface area contributed by atoms with Gasteiger partial charge in [0.1, 0.15) is 6.54 Å². The molecule has 1 N–H and O–H groups in total. The summed E-state index contributed by atoms with van der Waals surface area (Å²) in [7, 11) is 4.09. The van der Waals surface area contributed by atoms with Crippen molar-refractivity contribution in [3.8, 4) is 0 Å². The van der Waals surface area contributed by atoms with Crippen LogP contribution in [0.25, 0.3) is 0 Å². The number of hydrogen-bond donors (Lipinski definition) is 1. The van der Waals surface area contributed by atoms with Crippen molar-refractivity contribution >= 4 is 17.3 Å². The Morgan fingerprint density at radius 2 is 1.84 bits per heavy atom. The predicted molar refractivity (Wildman–Crippen MR) is 103 cm³/mol. The molecular weight excluding hydrogens is 310 g/mol. The number of carbonyl (C=O) groups excluding carboxylic acids is 1. The first-order chi connectivity index (χ1) is 12.1. The summed E-state index contributed by atoms with van der Waals surface area (Å²) < 4.78 is 0. The first-order valence-electron chi connectivity index (χ1n) is 9.06. The van der Waals surface area contributed by atoms with Crippen LogP contribution in [0.4, 0.5) is 11.4 Å². The molecule has 1 aliphatic rings. The Labute approximate surface area is 150 Å². The molecule has 1 heterocycles. The van der Waals surface area contributed by atoms with Gasteiger partial charge in [-0.05, 0) is 37.1 Å². The first-order valence-corrected chi connectivity index (χ1v) is 9.06. The zero-order valence-electron chi connectivity index (χ0n) is 15.5. The monoisotopic (exact) mass is 338 g/mol. The van der Waals surface area contributed by atoms with Crippen LogP contribution in [0.3, 0.4) is 0 Å². The van der Waals surface area contributed by atoms with E-state index in [-0.39, 0.29) is 5.91 Å². The van der Waals surface area contributed by atoms with Crippen LogP contribution in [0.2, 0.25) is 0 Å². The summed E-state index contributed by atoms with van der Waals surface area (Å²) in [5.74, 6) is 0.228. The van der Waals surface area contributed by atoms with Crippen LogP contribution < -0.4 is 14.7 Å². The van der Waals surface area contributed by atoms with Gasteiger partial charge in [-0.25, -0.2) is 0 Å². The third-order valence-corrected chi connectivity index (χ3v) is 5.00. The summed E-state index contributed by atoms with van der Waals surface area (Å²) in [6.45, 7) is 5.32. The molecule has 0 saturated heterocycles. The van der Waals surface area contributed by atoms with E-state index in [9.17, 15) is 4.79 Å². The summed E-state index contributed by atoms with van der Waals surface area (Å²) >= 11 is 0. The molecule has 2 aromatic carbocycles. The molecule has 2 aromatic rings. The molecule has 1 aliphatic heterocycles. The molecule has 1 amide bonds. The Hall–Kier alpha value is -2.33. The third-order valence-electron chi connectivity index (χ3n) is 5.00. The van der Waals surface area contributed by atoms with E-state index in [1.807, 2.05) is 31.1 Å². The van der Waals surface area contributed by atoms with E-state index >= 15 is 0 Å². The number of anilines is 2. The molecule has 25 heavy (non-hydrogen) atoms. The Morgan fingerprint density at radius 1 is 1.12 bits per heavy atom. The van der Waals surface area contributed by atoms with Gasteiger partial charge in [0.05, 0.1) is 6.54 Å². The van der Waals surface area contributed by atoms with Crippen molar-refractivity contribution in [3.05, 3.63) is 59.7 Å². The number of nitrogens with one attached hydrogen (secondary N) is 1. The maximum atomic E-state index is 12.8. The lowest BCUT2D eigenvalue weighted by Crippen LogP contribution is -3.11. The van der Waals surface area contributed by atoms with Crippen LogP contribution >= 0.6 is 0 Å². The number of para-hydroxylation sites is 1. The molecule has 0 aromatic heterocycles. The maximum Gasteiger partial charge on any atom is 0.282 e. The van der Waals surface area contributed by atoms with Crippen molar-refractivity contribution in [2.24, 2.45) is 0 Å². The summed E-state index contributed by atoms with van der Waals surface area (Å²) in [5.41, 5.74) is 4.86. The zero-order chi connectivity index (χ0) is 17.8. The highest BCUT2D eigenvalue weighted by atomic mass is 16.2. The second-order valence-corrected chi connectivity index (χ2v) is 6.94. The highest BCUT2D eigenvalue weighted by Crippen LogP contribution is 2.27. The average Bonchev–Trinajstić information content (AvgIpc) is 3.05. The molecule has 0 fully saturated rings. The minimum absolute atomic E-state index is 0.228. The molecule has 1 unspecified atom stereocenters. The normalized spacial score (nSPS) is 14.3. The highest BCUT2D eigenvalue weighted by Gasteiger charge is 2.26. The fourth-order valence-corrected chi connectivity index (χ4v) is 3.42. The first kappa shape index (κ1) is 17.5. The average molecular weight is 338 g/mol. The lowest BCUT2D eigenvalue weighted by molar-refractivity contribution is -0.904. The number of rotatable bonds is 6. The molecule has 0 radical (unpaired) electrons. The number of likely N-dealkylation sites (N-methyl/N-ethyl adjacent to an activating group) is 1. The van der Waals surface area contributed by atoms with Crippen molar-refractivity contribution in [2.75, 3.05) is 43.5 Å². The summed E-state index contributed by atoms with van der Waals surface area (Å²) in [6, 6.07) is 16.9. The summed E-state index contributed by atoms with van der Waals surface area (Å²) in [4.78, 5) is 18.2. The van der Waals surface area contributed by atoms with E-state index in [1.165, 1.54) is 21.7 Å². The largest absolute Gasteiger partial charge is 0.378 e. The molecular formula is C21H28N3O+. The van der Waals surface area contributed by atoms with E-state index in [4.69, 9.17) is 0 Å². The number of hydrogen-bond acceptors (Lipinski definition) is 2. The van der Waals surface area contributed by atoms with Gasteiger partial charge in [-0.2, -0.15) is 0 Å². The van der Waals surface area contributed by atoms with Crippen molar-refractivity contribution in [2.45, 2.75) is 19.9 Å². The number of amides is 1. The smallest absolute Gasteiger partial charge is 0.282 e. The molecule has 4 heteroatoms. The van der Waals surface area contributed by atoms with Crippen LogP contribution in [0.15, 0.2) is 48.5 Å². The molecule has 3 rings (SSSR count). The Kier molecular flexibility index (Phi) is 5.39. The SMILES string of the molecule is CC[NH+](CC(=O)N1CCc2ccccc21)Cc1ccc(N(C)C)cc1. The molecule has 4 nitrogen and oxygen atoms in total. The topological polar surface area (TPSA) is 28.0 Å². The minimum atomic E-state index is 0.228. The molecule has 0 aliphatic carbocycles. The number of benzene rings is 2. The zero-order valence-corrected chi connectivity index (χ0v) is 15.5. The minimum Gasteiger partial charge on any atom is -0.378 e. The number of nitrogens with zero attached hydrogens (tertiary/aromatic N) is 2. The Morgan fingerprint density at radius 3 is 2.52 bits per heavy atom. The second kappa shape index (κ2) is 7.70. The standard InChI is InChI=1S/C21H27N3O/c1-4-23(15-17-9-11-19(12-10-17)22(2)3)16-21(25)24-14-13-18-7-5-6-8-20(18)24/h5-12H,4,13-16H2,1-3H3/p+1. The predicted octanol–water partition coefficient (Wildman–Crippen LogP) is 1.75. The van der Waals surface area contributed by atoms with Gasteiger partial charge < -0.3 is 14.7 Å². The number of quaternary nitrogens is 1. The molecule has 1 atom stereocenters. The van der Waals surface area contributed by atoms with Gasteiger partial charge in [0.2, 0.25) is 0 Å². The quantitative estimate of drug-likeness (QED) is 0.869. The van der Waals surface area contributed by atoms with E-state index in [2.05, 4.69) is 48.2 Å². The van der Waals surface area contributed by atoms with E-state index in [1.54, 1.807) is 0 Å². The summed E-state index contributed by atoms with van der Waals surface area (Å²) in [5, 5.41) is 0. The van der Waals surface area contributed by atoms with Crippen molar-refractivity contribution in [3.63, 3.8) is 0 Å². The second-order valence-electron chi connectivity index (χ2n) is 6.94. The van der Waals surface area contributed by atoms with Gasteiger partial charge in [-0.3, -0.25) is 4.79 Å². The van der Waals surface area contributed by atoms with E-state index < -0.39 is 0 Å². The van der Waals surface area contributed by atoms with Gasteiger partial charge in [0.15, 0.2) is 6.54 Å². The Bertz CT molecular complexity index is 724. The van der Waals surface area contributed by atoms with E-state index in [0.29, 0.717) is 6.54 Å². The van der Waals surface area contributed by atoms with E-state index in [0.717, 1.165) is 31.7 Å². The number of fused-ring (bicyclic) bond motifs is 1. The molecule has 0 bridgehead atoms. The molecule has 0 spiro atoms. The van der Waals surface area contributed by atoms with Crippen molar-refractivity contribution < 1.29 is 9.69 Å². The molecule has 132 valence electrons.